The van der Waals surface area contributed by atoms with Crippen molar-refractivity contribution in [3.8, 4) is 22.9 Å². The maximum absolute atomic E-state index is 14.5. The van der Waals surface area contributed by atoms with Crippen LogP contribution in [0.1, 0.15) is 30.9 Å². The first-order valence-corrected chi connectivity index (χ1v) is 14.8. The van der Waals surface area contributed by atoms with Gasteiger partial charge in [0, 0.05) is 49.3 Å². The van der Waals surface area contributed by atoms with Gasteiger partial charge in [0.2, 0.25) is 11.8 Å². The van der Waals surface area contributed by atoms with Crippen LogP contribution >= 0.6 is 0 Å². The molecule has 1 saturated heterocycles. The molecule has 1 saturated carbocycles. The van der Waals surface area contributed by atoms with Crippen LogP contribution in [0.15, 0.2) is 54.7 Å². The van der Waals surface area contributed by atoms with Gasteiger partial charge < -0.3 is 10.2 Å². The van der Waals surface area contributed by atoms with E-state index in [1.165, 1.54) is 12.1 Å². The zero-order valence-corrected chi connectivity index (χ0v) is 22.4. The molecular weight excluding hydrogens is 543 g/mol. The average Bonchev–Trinajstić information content (AvgIpc) is 3.37. The van der Waals surface area contributed by atoms with E-state index in [0.717, 1.165) is 11.3 Å². The Hall–Kier alpha value is -3.85. The Morgan fingerprint density at radius 1 is 1.07 bits per heavy atom. The minimum atomic E-state index is -3.03. The molecule has 3 aromatic rings. The number of hydrogen-bond donors (Lipinski definition) is 1. The van der Waals surface area contributed by atoms with Crippen LogP contribution in [0.2, 0.25) is 0 Å². The number of rotatable bonds is 6. The zero-order valence-electron chi connectivity index (χ0n) is 21.6. The van der Waals surface area contributed by atoms with Gasteiger partial charge in [0.15, 0.2) is 9.84 Å². The van der Waals surface area contributed by atoms with E-state index >= 15 is 0 Å². The van der Waals surface area contributed by atoms with Gasteiger partial charge in [-0.25, -0.2) is 26.3 Å². The Labute approximate surface area is 230 Å². The maximum atomic E-state index is 14.5. The lowest BCUT2D eigenvalue weighted by molar-refractivity contribution is -0.133. The highest BCUT2D eigenvalue weighted by Gasteiger charge is 2.46. The van der Waals surface area contributed by atoms with Crippen molar-refractivity contribution in [3.05, 3.63) is 66.2 Å². The van der Waals surface area contributed by atoms with E-state index in [1.807, 2.05) is 35.2 Å². The van der Waals surface area contributed by atoms with Gasteiger partial charge in [0.05, 0.1) is 34.9 Å². The van der Waals surface area contributed by atoms with E-state index in [4.69, 9.17) is 10.4 Å². The molecule has 2 heterocycles. The lowest BCUT2D eigenvalue weighted by Gasteiger charge is -2.34. The predicted molar refractivity (Wildman–Crippen MR) is 143 cm³/mol. The fourth-order valence-electron chi connectivity index (χ4n) is 5.43. The second kappa shape index (κ2) is 11.0. The van der Waals surface area contributed by atoms with Crippen LogP contribution in [0, 0.1) is 23.1 Å². The van der Waals surface area contributed by atoms with Gasteiger partial charge in [-0.05, 0) is 48.4 Å². The molecule has 0 bridgehead atoms. The van der Waals surface area contributed by atoms with Crippen molar-refractivity contribution in [1.82, 2.24) is 15.1 Å². The number of nitriles is 1. The fourth-order valence-corrected chi connectivity index (χ4v) is 6.63. The van der Waals surface area contributed by atoms with E-state index in [9.17, 15) is 26.4 Å². The van der Waals surface area contributed by atoms with Crippen molar-refractivity contribution < 1.29 is 26.4 Å². The highest BCUT2D eigenvalue weighted by molar-refractivity contribution is 7.91. The summed E-state index contributed by atoms with van der Waals surface area (Å²) in [5.41, 5.74) is 3.27. The van der Waals surface area contributed by atoms with Crippen LogP contribution in [-0.2, 0) is 14.6 Å². The molecule has 5 rings (SSSR count). The number of anilines is 1. The zero-order chi connectivity index (χ0) is 28.5. The van der Waals surface area contributed by atoms with Crippen LogP contribution in [-0.4, -0.2) is 61.2 Å². The van der Waals surface area contributed by atoms with Gasteiger partial charge in [-0.2, -0.15) is 10.4 Å². The first-order chi connectivity index (χ1) is 19.0. The average molecular weight is 572 g/mol. The summed E-state index contributed by atoms with van der Waals surface area (Å²) in [6.07, 6.45) is 0.696. The van der Waals surface area contributed by atoms with Gasteiger partial charge in [0.25, 0.3) is 0 Å². The van der Waals surface area contributed by atoms with Crippen molar-refractivity contribution >= 4 is 21.4 Å². The SMILES string of the molecule is N#CCNC(=O)[C@@H]1CC(F)(F)CC[C@H]1c1nn(-c2ccc(F)cc2)cc1-c1ccc(N2CCS(=O)(=O)CC2)cc1. The molecule has 0 unspecified atom stereocenters. The summed E-state index contributed by atoms with van der Waals surface area (Å²) in [5.74, 6) is -5.61. The molecule has 1 aromatic heterocycles. The van der Waals surface area contributed by atoms with Gasteiger partial charge >= 0.3 is 0 Å². The number of nitrogens with zero attached hydrogens (tertiary/aromatic N) is 4. The number of carbonyl (C=O) groups excluding carboxylic acids is 1. The number of halogens is 3. The predicted octanol–water partition coefficient (Wildman–Crippen LogP) is 4.07. The van der Waals surface area contributed by atoms with E-state index in [2.05, 4.69) is 5.32 Å². The molecule has 0 radical (unpaired) electrons. The molecular formula is C28H28F3N5O3S. The normalized spacial score (nSPS) is 21.9. The molecule has 1 aliphatic carbocycles. The van der Waals surface area contributed by atoms with E-state index in [-0.39, 0.29) is 24.5 Å². The number of nitrogens with one attached hydrogen (secondary N) is 1. The van der Waals surface area contributed by atoms with Gasteiger partial charge in [-0.15, -0.1) is 0 Å². The summed E-state index contributed by atoms with van der Waals surface area (Å²) in [6, 6.07) is 15.0. The Kier molecular flexibility index (Phi) is 7.59. The number of amides is 1. The standard InChI is InChI=1S/C28H28F3N5O3S/c29-20-3-7-22(8-4-20)36-18-25(19-1-5-21(6-2-19)35-13-15-40(38,39)16-14-35)26(34-36)23-9-10-28(30,31)17-24(23)27(37)33-12-11-32/h1-8,18,23-24H,9-10,12-17H2,(H,33,37)/t23-,24-/m1/s1. The second-order valence-corrected chi connectivity index (χ2v) is 12.5. The third kappa shape index (κ3) is 5.99. The van der Waals surface area contributed by atoms with Crippen LogP contribution in [0.5, 0.6) is 0 Å². The topological polar surface area (TPSA) is 108 Å². The second-order valence-electron chi connectivity index (χ2n) is 10.2. The van der Waals surface area contributed by atoms with E-state index in [0.29, 0.717) is 30.0 Å². The number of benzene rings is 2. The van der Waals surface area contributed by atoms with Gasteiger partial charge in [-0.1, -0.05) is 12.1 Å². The largest absolute Gasteiger partial charge is 0.369 e. The van der Waals surface area contributed by atoms with Crippen molar-refractivity contribution in [1.29, 1.82) is 5.26 Å². The van der Waals surface area contributed by atoms with E-state index in [1.54, 1.807) is 23.0 Å². The number of hydrogen-bond acceptors (Lipinski definition) is 6. The summed E-state index contributed by atoms with van der Waals surface area (Å²) in [7, 11) is -3.03. The molecule has 40 heavy (non-hydrogen) atoms. The van der Waals surface area contributed by atoms with Crippen LogP contribution in [0.25, 0.3) is 16.8 Å². The van der Waals surface area contributed by atoms with Gasteiger partial charge in [-0.3, -0.25) is 4.79 Å². The molecule has 1 N–H and O–H groups in total. The highest BCUT2D eigenvalue weighted by Crippen LogP contribution is 2.47. The van der Waals surface area contributed by atoms with Crippen LogP contribution in [0.4, 0.5) is 18.9 Å². The minimum absolute atomic E-state index is 0.0193. The molecule has 1 aliphatic heterocycles. The van der Waals surface area contributed by atoms with Crippen LogP contribution < -0.4 is 10.2 Å². The number of aromatic nitrogens is 2. The van der Waals surface area contributed by atoms with Crippen molar-refractivity contribution in [2.75, 3.05) is 36.0 Å². The summed E-state index contributed by atoms with van der Waals surface area (Å²) < 4.78 is 67.7. The quantitative estimate of drug-likeness (QED) is 0.447. The Bertz CT molecular complexity index is 1520. The third-order valence-corrected chi connectivity index (χ3v) is 9.19. The molecule has 2 fully saturated rings. The molecule has 8 nitrogen and oxygen atoms in total. The highest BCUT2D eigenvalue weighted by atomic mass is 32.2. The number of sulfone groups is 1. The summed E-state index contributed by atoms with van der Waals surface area (Å²) >= 11 is 0. The third-order valence-electron chi connectivity index (χ3n) is 7.58. The van der Waals surface area contributed by atoms with Crippen molar-refractivity contribution in [2.45, 2.75) is 31.1 Å². The van der Waals surface area contributed by atoms with Gasteiger partial charge in [0.1, 0.15) is 12.4 Å². The first-order valence-electron chi connectivity index (χ1n) is 13.0. The Balaban J connectivity index is 1.53. The van der Waals surface area contributed by atoms with E-state index < -0.39 is 52.2 Å². The smallest absolute Gasteiger partial charge is 0.249 e. The Morgan fingerprint density at radius 3 is 2.38 bits per heavy atom. The van der Waals surface area contributed by atoms with Crippen LogP contribution in [0.3, 0.4) is 0 Å². The molecule has 2 aliphatic rings. The van der Waals surface area contributed by atoms with Crippen molar-refractivity contribution in [3.63, 3.8) is 0 Å². The fraction of sp³-hybridized carbons (Fsp3) is 0.393. The molecule has 2 aromatic carbocycles. The summed E-state index contributed by atoms with van der Waals surface area (Å²) in [5, 5.41) is 16.1. The molecule has 210 valence electrons. The molecule has 2 atom stereocenters. The summed E-state index contributed by atoms with van der Waals surface area (Å²) in [6.45, 7) is 0.500. The lowest BCUT2D eigenvalue weighted by Crippen LogP contribution is -2.41. The molecule has 12 heteroatoms. The monoisotopic (exact) mass is 571 g/mol. The maximum Gasteiger partial charge on any atom is 0.249 e. The molecule has 1 amide bonds. The number of alkyl halides is 2. The summed E-state index contributed by atoms with van der Waals surface area (Å²) in [4.78, 5) is 14.9. The molecule has 0 spiro atoms. The first kappa shape index (κ1) is 27.7. The Morgan fingerprint density at radius 2 is 1.73 bits per heavy atom. The number of carbonyl (C=O) groups is 1. The van der Waals surface area contributed by atoms with Crippen molar-refractivity contribution in [2.24, 2.45) is 5.92 Å². The lowest BCUT2D eigenvalue weighted by atomic mass is 9.74. The minimum Gasteiger partial charge on any atom is -0.369 e.